The lowest BCUT2D eigenvalue weighted by molar-refractivity contribution is -0.137. The normalized spacial score (nSPS) is 14.3. The van der Waals surface area contributed by atoms with Crippen molar-refractivity contribution >= 4 is 11.8 Å². The third kappa shape index (κ3) is 4.50. The minimum absolute atomic E-state index is 0.0814. The van der Waals surface area contributed by atoms with Crippen LogP contribution in [0.5, 0.6) is 0 Å². The van der Waals surface area contributed by atoms with E-state index in [1.807, 2.05) is 0 Å². The Kier molecular flexibility index (Phi) is 5.77. The maximum absolute atomic E-state index is 13.2. The fourth-order valence-electron chi connectivity index (χ4n) is 3.44. The lowest BCUT2D eigenvalue weighted by Gasteiger charge is -2.41. The van der Waals surface area contributed by atoms with Crippen molar-refractivity contribution in [2.24, 2.45) is 5.92 Å². The molecule has 1 saturated heterocycles. The van der Waals surface area contributed by atoms with Gasteiger partial charge in [0.15, 0.2) is 0 Å². The van der Waals surface area contributed by atoms with E-state index in [4.69, 9.17) is 0 Å². The summed E-state index contributed by atoms with van der Waals surface area (Å²) in [6, 6.07) is 11.5. The second kappa shape index (κ2) is 8.11. The zero-order valence-electron chi connectivity index (χ0n) is 15.9. The Morgan fingerprint density at radius 1 is 1.14 bits per heavy atom. The molecule has 0 N–H and O–H groups in total. The van der Waals surface area contributed by atoms with Crippen molar-refractivity contribution in [1.82, 2.24) is 9.80 Å². The minimum Gasteiger partial charge on any atom is -0.342 e. The number of amides is 2. The Bertz CT molecular complexity index is 916. The Morgan fingerprint density at radius 3 is 2.34 bits per heavy atom. The van der Waals surface area contributed by atoms with Crippen LogP contribution in [0.1, 0.15) is 15.9 Å². The summed E-state index contributed by atoms with van der Waals surface area (Å²) in [5.74, 6) is -0.134. The number of likely N-dealkylation sites (tertiary alicyclic amines) is 1. The monoisotopic (exact) mass is 402 g/mol. The molecule has 0 bridgehead atoms. The van der Waals surface area contributed by atoms with Crippen LogP contribution < -0.4 is 0 Å². The van der Waals surface area contributed by atoms with Crippen molar-refractivity contribution in [2.75, 3.05) is 26.7 Å². The van der Waals surface area contributed by atoms with Crippen LogP contribution in [0.2, 0.25) is 0 Å². The molecule has 1 aliphatic heterocycles. The average Bonchev–Trinajstić information content (AvgIpc) is 2.68. The number of carbonyl (C=O) groups is 2. The number of carbonyl (C=O) groups excluding carboxylic acids is 2. The van der Waals surface area contributed by atoms with Crippen molar-refractivity contribution in [1.29, 1.82) is 0 Å². The summed E-state index contributed by atoms with van der Waals surface area (Å²) in [6.45, 7) is 5.06. The molecule has 0 radical (unpaired) electrons. The standard InChI is InChI=1S/C22H21F3N2O2/c1-3-20(28)26(2)12-15-13-27(14-15)21(29)17-10-8-16(9-11-17)18-6-4-5-7-19(18)22(23,24)25/h3-11,15H,1,12-14H2,2H3. The van der Waals surface area contributed by atoms with Gasteiger partial charge in [0.2, 0.25) is 5.91 Å². The van der Waals surface area contributed by atoms with Gasteiger partial charge >= 0.3 is 6.18 Å². The number of alkyl halides is 3. The van der Waals surface area contributed by atoms with E-state index in [-0.39, 0.29) is 23.3 Å². The minimum atomic E-state index is -4.45. The average molecular weight is 402 g/mol. The molecule has 2 amide bonds. The van der Waals surface area contributed by atoms with Gasteiger partial charge in [-0.25, -0.2) is 0 Å². The first-order valence-electron chi connectivity index (χ1n) is 9.14. The number of rotatable bonds is 5. The molecule has 0 unspecified atom stereocenters. The number of likely N-dealkylation sites (N-methyl/N-ethyl adjacent to an activating group) is 1. The van der Waals surface area contributed by atoms with Crippen LogP contribution in [0, 0.1) is 5.92 Å². The van der Waals surface area contributed by atoms with Gasteiger partial charge in [-0.2, -0.15) is 13.2 Å². The molecule has 1 fully saturated rings. The fourth-order valence-corrected chi connectivity index (χ4v) is 3.44. The molecule has 0 aromatic heterocycles. The third-order valence-corrected chi connectivity index (χ3v) is 5.00. The van der Waals surface area contributed by atoms with Crippen molar-refractivity contribution in [3.63, 3.8) is 0 Å². The molecule has 1 aliphatic rings. The molecule has 0 saturated carbocycles. The summed E-state index contributed by atoms with van der Waals surface area (Å²) in [5, 5.41) is 0. The van der Waals surface area contributed by atoms with Crippen LogP contribution in [0.15, 0.2) is 61.2 Å². The van der Waals surface area contributed by atoms with Crippen molar-refractivity contribution in [3.05, 3.63) is 72.3 Å². The van der Waals surface area contributed by atoms with E-state index in [1.54, 1.807) is 35.0 Å². The molecule has 0 atom stereocenters. The van der Waals surface area contributed by atoms with Crippen LogP contribution in [0.25, 0.3) is 11.1 Å². The number of benzene rings is 2. The van der Waals surface area contributed by atoms with Gasteiger partial charge in [-0.05, 0) is 35.4 Å². The van der Waals surface area contributed by atoms with Gasteiger partial charge in [-0.15, -0.1) is 0 Å². The van der Waals surface area contributed by atoms with E-state index < -0.39 is 11.7 Å². The van der Waals surface area contributed by atoms with Gasteiger partial charge in [0, 0.05) is 38.2 Å². The number of hydrogen-bond acceptors (Lipinski definition) is 2. The molecule has 4 nitrogen and oxygen atoms in total. The van der Waals surface area contributed by atoms with E-state index in [0.717, 1.165) is 6.07 Å². The first kappa shape index (κ1) is 20.6. The van der Waals surface area contributed by atoms with E-state index in [9.17, 15) is 22.8 Å². The zero-order valence-corrected chi connectivity index (χ0v) is 15.9. The molecule has 29 heavy (non-hydrogen) atoms. The molecule has 0 aliphatic carbocycles. The first-order valence-corrected chi connectivity index (χ1v) is 9.14. The molecule has 1 heterocycles. The smallest absolute Gasteiger partial charge is 0.342 e. The van der Waals surface area contributed by atoms with Crippen molar-refractivity contribution < 1.29 is 22.8 Å². The second-order valence-electron chi connectivity index (χ2n) is 7.12. The lowest BCUT2D eigenvalue weighted by atomic mass is 9.96. The van der Waals surface area contributed by atoms with Gasteiger partial charge in [0.25, 0.3) is 5.91 Å². The lowest BCUT2D eigenvalue weighted by Crippen LogP contribution is -2.53. The van der Waals surface area contributed by atoms with Crippen LogP contribution in [0.3, 0.4) is 0 Å². The largest absolute Gasteiger partial charge is 0.417 e. The van der Waals surface area contributed by atoms with Crippen molar-refractivity contribution in [3.8, 4) is 11.1 Å². The van der Waals surface area contributed by atoms with Crippen LogP contribution in [-0.4, -0.2) is 48.3 Å². The summed E-state index contributed by atoms with van der Waals surface area (Å²) in [4.78, 5) is 27.3. The van der Waals surface area contributed by atoms with Gasteiger partial charge in [-0.3, -0.25) is 9.59 Å². The van der Waals surface area contributed by atoms with Crippen LogP contribution >= 0.6 is 0 Å². The molecule has 7 heteroatoms. The van der Waals surface area contributed by atoms with E-state index in [0.29, 0.717) is 30.8 Å². The second-order valence-corrected chi connectivity index (χ2v) is 7.12. The molecule has 152 valence electrons. The number of nitrogens with zero attached hydrogens (tertiary/aromatic N) is 2. The highest BCUT2D eigenvalue weighted by Gasteiger charge is 2.34. The number of hydrogen-bond donors (Lipinski definition) is 0. The van der Waals surface area contributed by atoms with E-state index in [2.05, 4.69) is 6.58 Å². The Hall–Kier alpha value is -3.09. The van der Waals surface area contributed by atoms with Crippen molar-refractivity contribution in [2.45, 2.75) is 6.18 Å². The van der Waals surface area contributed by atoms with Crippen LogP contribution in [0.4, 0.5) is 13.2 Å². The quantitative estimate of drug-likeness (QED) is 0.707. The summed E-state index contributed by atoms with van der Waals surface area (Å²) in [5.41, 5.74) is 0.202. The predicted molar refractivity (Wildman–Crippen MR) is 104 cm³/mol. The molecule has 3 rings (SSSR count). The molecular formula is C22H21F3N2O2. The SMILES string of the molecule is C=CC(=O)N(C)CC1CN(C(=O)c2ccc(-c3ccccc3C(F)(F)F)cc2)C1. The first-order chi connectivity index (χ1) is 13.7. The highest BCUT2D eigenvalue weighted by Crippen LogP contribution is 2.37. The van der Waals surface area contributed by atoms with E-state index in [1.165, 1.54) is 30.3 Å². The van der Waals surface area contributed by atoms with Crippen LogP contribution in [-0.2, 0) is 11.0 Å². The molecule has 0 spiro atoms. The maximum atomic E-state index is 13.2. The molecule has 2 aromatic rings. The van der Waals surface area contributed by atoms with Gasteiger partial charge in [-0.1, -0.05) is 36.9 Å². The Morgan fingerprint density at radius 2 is 1.76 bits per heavy atom. The topological polar surface area (TPSA) is 40.6 Å². The summed E-state index contributed by atoms with van der Waals surface area (Å²) in [7, 11) is 1.69. The predicted octanol–water partition coefficient (Wildman–Crippen LogP) is 4.09. The summed E-state index contributed by atoms with van der Waals surface area (Å²) < 4.78 is 39.6. The van der Waals surface area contributed by atoms with Gasteiger partial charge in [0.05, 0.1) is 5.56 Å². The Labute approximate surface area is 167 Å². The summed E-state index contributed by atoms with van der Waals surface area (Å²) in [6.07, 6.45) is -3.20. The molecule has 2 aromatic carbocycles. The van der Waals surface area contributed by atoms with Gasteiger partial charge in [0.1, 0.15) is 0 Å². The fraction of sp³-hybridized carbons (Fsp3) is 0.273. The number of halogens is 3. The molecular weight excluding hydrogens is 381 g/mol. The van der Waals surface area contributed by atoms with E-state index >= 15 is 0 Å². The Balaban J connectivity index is 1.66. The van der Waals surface area contributed by atoms with Gasteiger partial charge < -0.3 is 9.80 Å². The zero-order chi connectivity index (χ0) is 21.2. The third-order valence-electron chi connectivity index (χ3n) is 5.00. The highest BCUT2D eigenvalue weighted by molar-refractivity contribution is 5.95. The summed E-state index contributed by atoms with van der Waals surface area (Å²) >= 11 is 0. The highest BCUT2D eigenvalue weighted by atomic mass is 19.4. The maximum Gasteiger partial charge on any atom is 0.417 e.